The van der Waals surface area contributed by atoms with Crippen LogP contribution < -0.4 is 15.2 Å². The summed E-state index contributed by atoms with van der Waals surface area (Å²) < 4.78 is 35.9. The largest absolute Gasteiger partial charge is 0.485 e. The first kappa shape index (κ1) is 14.4. The average Bonchev–Trinajstić information content (AvgIpc) is 3.02. The van der Waals surface area contributed by atoms with Crippen molar-refractivity contribution in [2.24, 2.45) is 0 Å². The Kier molecular flexibility index (Phi) is 2.96. The molecule has 0 atom stereocenters. The molecule has 24 heavy (non-hydrogen) atoms. The summed E-state index contributed by atoms with van der Waals surface area (Å²) in [7, 11) is 1.77. The summed E-state index contributed by atoms with van der Waals surface area (Å²) in [5.74, 6) is -1.12. The number of benzene rings is 1. The van der Waals surface area contributed by atoms with Crippen LogP contribution in [-0.2, 0) is 0 Å². The van der Waals surface area contributed by atoms with Crippen molar-refractivity contribution >= 4 is 11.3 Å². The Hall–Kier alpha value is -3.16. The van der Waals surface area contributed by atoms with E-state index < -0.39 is 17.3 Å². The molecule has 0 bridgehead atoms. The molecule has 4 rings (SSSR count). The van der Waals surface area contributed by atoms with Gasteiger partial charge in [0.1, 0.15) is 18.0 Å². The summed E-state index contributed by atoms with van der Waals surface area (Å²) in [6.07, 6.45) is 1.34. The molecule has 122 valence electrons. The average molecular weight is 330 g/mol. The fourth-order valence-corrected chi connectivity index (χ4v) is 2.72. The van der Waals surface area contributed by atoms with Gasteiger partial charge in [0.05, 0.1) is 23.6 Å². The maximum absolute atomic E-state index is 14.6. The molecule has 0 saturated heterocycles. The van der Waals surface area contributed by atoms with Crippen molar-refractivity contribution < 1.29 is 13.5 Å². The van der Waals surface area contributed by atoms with Crippen LogP contribution in [0.15, 0.2) is 47.5 Å². The summed E-state index contributed by atoms with van der Waals surface area (Å²) in [5, 5.41) is 3.80. The molecule has 0 saturated carbocycles. The number of fused-ring (bicyclic) bond motifs is 2. The molecule has 0 spiro atoms. The Morgan fingerprint density at radius 2 is 2.04 bits per heavy atom. The molecule has 3 aromatic rings. The van der Waals surface area contributed by atoms with Crippen molar-refractivity contribution in [3.63, 3.8) is 0 Å². The number of rotatable bonds is 1. The van der Waals surface area contributed by atoms with E-state index in [1.54, 1.807) is 11.9 Å². The molecule has 2 aromatic heterocycles. The van der Waals surface area contributed by atoms with Crippen LogP contribution in [0.1, 0.15) is 0 Å². The van der Waals surface area contributed by atoms with Gasteiger partial charge in [-0.1, -0.05) is 6.58 Å². The summed E-state index contributed by atoms with van der Waals surface area (Å²) in [5.41, 5.74) is 0.668. The van der Waals surface area contributed by atoms with Crippen molar-refractivity contribution in [3.05, 3.63) is 64.9 Å². The first-order chi connectivity index (χ1) is 11.5. The molecule has 0 N–H and O–H groups in total. The van der Waals surface area contributed by atoms with Gasteiger partial charge >= 0.3 is 0 Å². The van der Waals surface area contributed by atoms with E-state index in [0.29, 0.717) is 17.1 Å². The zero-order valence-electron chi connectivity index (χ0n) is 12.7. The number of aromatic nitrogens is 3. The second kappa shape index (κ2) is 4.92. The number of ether oxygens (including phenoxy) is 1. The Morgan fingerprint density at radius 1 is 1.25 bits per heavy atom. The number of nitrogens with zero attached hydrogens (tertiary/aromatic N) is 4. The number of likely N-dealkylation sites (N-methyl/N-ethyl adjacent to an activating group) is 1. The predicted octanol–water partition coefficient (Wildman–Crippen LogP) is 2.11. The van der Waals surface area contributed by atoms with E-state index in [-0.39, 0.29) is 17.9 Å². The molecule has 0 radical (unpaired) electrons. The highest BCUT2D eigenvalue weighted by Gasteiger charge is 2.23. The molecule has 6 nitrogen and oxygen atoms in total. The lowest BCUT2D eigenvalue weighted by atomic mass is 10.2. The summed E-state index contributed by atoms with van der Waals surface area (Å²) in [4.78, 5) is 14.0. The zero-order valence-corrected chi connectivity index (χ0v) is 12.7. The van der Waals surface area contributed by atoms with E-state index >= 15 is 0 Å². The van der Waals surface area contributed by atoms with Gasteiger partial charge in [0.2, 0.25) is 5.95 Å². The number of hydrogen-bond acceptors (Lipinski definition) is 4. The highest BCUT2D eigenvalue weighted by Crippen LogP contribution is 2.37. The lowest BCUT2D eigenvalue weighted by Crippen LogP contribution is -2.27. The van der Waals surface area contributed by atoms with E-state index in [9.17, 15) is 13.6 Å². The molecule has 0 fully saturated rings. The molecule has 3 heterocycles. The lowest BCUT2D eigenvalue weighted by Gasteiger charge is -2.30. The van der Waals surface area contributed by atoms with Crippen LogP contribution in [0.3, 0.4) is 0 Å². The van der Waals surface area contributed by atoms with E-state index in [2.05, 4.69) is 11.7 Å². The van der Waals surface area contributed by atoms with Crippen LogP contribution in [0.5, 0.6) is 5.75 Å². The van der Waals surface area contributed by atoms with Crippen molar-refractivity contribution in [2.45, 2.75) is 0 Å². The van der Waals surface area contributed by atoms with E-state index in [1.807, 2.05) is 0 Å². The van der Waals surface area contributed by atoms with Crippen molar-refractivity contribution in [1.82, 2.24) is 14.2 Å². The fraction of sp³-hybridized carbons (Fsp3) is 0.125. The fourth-order valence-electron chi connectivity index (χ4n) is 2.72. The molecular weight excluding hydrogens is 318 g/mol. The standard InChI is InChI=1S/C16H12F2N4O2/c1-9-8-24-13-5-10(17)11(6-12(13)20(9)2)21-15-3-4-19-22(15)14(18)7-16(21)23/h3-7H,1,8H2,2H3. The normalized spacial score (nSPS) is 14.0. The third-order valence-corrected chi connectivity index (χ3v) is 4.02. The monoisotopic (exact) mass is 330 g/mol. The second-order valence-corrected chi connectivity index (χ2v) is 5.43. The Labute approximate surface area is 134 Å². The molecule has 0 unspecified atom stereocenters. The van der Waals surface area contributed by atoms with E-state index in [1.165, 1.54) is 24.4 Å². The van der Waals surface area contributed by atoms with Crippen LogP contribution in [0.25, 0.3) is 11.3 Å². The van der Waals surface area contributed by atoms with Gasteiger partial charge in [0, 0.05) is 24.9 Å². The molecule has 1 aliphatic heterocycles. The van der Waals surface area contributed by atoms with Gasteiger partial charge < -0.3 is 9.64 Å². The minimum absolute atomic E-state index is 0.0191. The van der Waals surface area contributed by atoms with Crippen molar-refractivity contribution in [2.75, 3.05) is 18.6 Å². The SMILES string of the molecule is C=C1COc2cc(F)c(-n3c(=O)cc(F)n4nccc34)cc2N1C. The topological polar surface area (TPSA) is 51.8 Å². The van der Waals surface area contributed by atoms with Crippen molar-refractivity contribution in [1.29, 1.82) is 0 Å². The van der Waals surface area contributed by atoms with Gasteiger partial charge in [0.25, 0.3) is 5.56 Å². The van der Waals surface area contributed by atoms with Crippen LogP contribution in [0.4, 0.5) is 14.5 Å². The zero-order chi connectivity index (χ0) is 17.0. The summed E-state index contributed by atoms with van der Waals surface area (Å²) in [6.45, 7) is 4.12. The van der Waals surface area contributed by atoms with Gasteiger partial charge in [-0.2, -0.15) is 14.0 Å². The highest BCUT2D eigenvalue weighted by atomic mass is 19.1. The smallest absolute Gasteiger partial charge is 0.261 e. The van der Waals surface area contributed by atoms with Crippen LogP contribution in [-0.4, -0.2) is 27.8 Å². The molecular formula is C16H12F2N4O2. The Balaban J connectivity index is 2.04. The minimum Gasteiger partial charge on any atom is -0.485 e. The lowest BCUT2D eigenvalue weighted by molar-refractivity contribution is 0.336. The van der Waals surface area contributed by atoms with E-state index in [0.717, 1.165) is 15.1 Å². The minimum atomic E-state index is -0.816. The molecule has 8 heteroatoms. The van der Waals surface area contributed by atoms with Crippen molar-refractivity contribution in [3.8, 4) is 11.4 Å². The molecule has 0 amide bonds. The molecule has 0 aliphatic carbocycles. The van der Waals surface area contributed by atoms with Crippen LogP contribution >= 0.6 is 0 Å². The van der Waals surface area contributed by atoms with Gasteiger partial charge in [-0.15, -0.1) is 0 Å². The quantitative estimate of drug-likeness (QED) is 0.641. The van der Waals surface area contributed by atoms with Gasteiger partial charge in [-0.25, -0.2) is 4.39 Å². The Morgan fingerprint density at radius 3 is 2.83 bits per heavy atom. The molecule has 1 aromatic carbocycles. The summed E-state index contributed by atoms with van der Waals surface area (Å²) in [6, 6.07) is 4.87. The third-order valence-electron chi connectivity index (χ3n) is 4.02. The van der Waals surface area contributed by atoms with Gasteiger partial charge in [0.15, 0.2) is 5.82 Å². The first-order valence-corrected chi connectivity index (χ1v) is 7.11. The number of anilines is 1. The maximum Gasteiger partial charge on any atom is 0.261 e. The highest BCUT2D eigenvalue weighted by molar-refractivity contribution is 5.68. The van der Waals surface area contributed by atoms with Gasteiger partial charge in [-0.3, -0.25) is 9.36 Å². The molecule has 1 aliphatic rings. The summed E-state index contributed by atoms with van der Waals surface area (Å²) >= 11 is 0. The van der Waals surface area contributed by atoms with Crippen LogP contribution in [0.2, 0.25) is 0 Å². The Bertz CT molecular complexity index is 1050. The first-order valence-electron chi connectivity index (χ1n) is 7.11. The second-order valence-electron chi connectivity index (χ2n) is 5.43. The maximum atomic E-state index is 14.6. The van der Waals surface area contributed by atoms with E-state index in [4.69, 9.17) is 4.74 Å². The number of halogens is 2. The van der Waals surface area contributed by atoms with Crippen LogP contribution in [0, 0.1) is 11.8 Å². The predicted molar refractivity (Wildman–Crippen MR) is 83.7 cm³/mol. The number of hydrogen-bond donors (Lipinski definition) is 0. The third kappa shape index (κ3) is 1.92. The van der Waals surface area contributed by atoms with Gasteiger partial charge in [-0.05, 0) is 6.07 Å².